The Kier molecular flexibility index (Phi) is 4.33. The first-order valence-electron chi connectivity index (χ1n) is 6.35. The highest BCUT2D eigenvalue weighted by Gasteiger charge is 2.13. The highest BCUT2D eigenvalue weighted by molar-refractivity contribution is 5.96. The smallest absolute Gasteiger partial charge is 0.339 e. The summed E-state index contributed by atoms with van der Waals surface area (Å²) in [4.78, 5) is 22.6. The van der Waals surface area contributed by atoms with E-state index in [2.05, 4.69) is 0 Å². The average Bonchev–Trinajstić information content (AvgIpc) is 2.49. The lowest BCUT2D eigenvalue weighted by Crippen LogP contribution is -2.01. The number of ether oxygens (including phenoxy) is 1. The van der Waals surface area contributed by atoms with Crippen LogP contribution in [-0.2, 0) is 0 Å². The molecule has 0 aliphatic carbocycles. The summed E-state index contributed by atoms with van der Waals surface area (Å²) in [6, 6.07) is 9.61. The van der Waals surface area contributed by atoms with E-state index in [-0.39, 0.29) is 17.1 Å². The average molecular weight is 288 g/mol. The molecule has 0 bridgehead atoms. The van der Waals surface area contributed by atoms with Crippen LogP contribution in [0.15, 0.2) is 42.5 Å². The maximum Gasteiger partial charge on any atom is 0.339 e. The van der Waals surface area contributed by atoms with Crippen molar-refractivity contribution in [1.29, 1.82) is 0 Å². The van der Waals surface area contributed by atoms with Gasteiger partial charge in [0.05, 0.1) is 0 Å². The number of benzene rings is 2. The zero-order valence-corrected chi connectivity index (χ0v) is 11.3. The van der Waals surface area contributed by atoms with E-state index in [1.165, 1.54) is 6.07 Å². The summed E-state index contributed by atoms with van der Waals surface area (Å²) >= 11 is 0. The molecule has 108 valence electrons. The van der Waals surface area contributed by atoms with Crippen molar-refractivity contribution in [2.45, 2.75) is 13.3 Å². The maximum atomic E-state index is 13.1. The summed E-state index contributed by atoms with van der Waals surface area (Å²) in [7, 11) is 0. The SMILES string of the molecule is CCC(=O)c1ccc(Oc2ccc(F)cc2C(=O)O)cc1. The number of carboxylic acid groups (broad SMARTS) is 1. The highest BCUT2D eigenvalue weighted by Crippen LogP contribution is 2.26. The second-order valence-corrected chi connectivity index (χ2v) is 4.35. The number of aromatic carboxylic acids is 1. The van der Waals surface area contributed by atoms with E-state index in [0.717, 1.165) is 12.1 Å². The van der Waals surface area contributed by atoms with Crippen molar-refractivity contribution >= 4 is 11.8 Å². The van der Waals surface area contributed by atoms with Crippen LogP contribution in [0, 0.1) is 5.82 Å². The van der Waals surface area contributed by atoms with Gasteiger partial charge in [-0.25, -0.2) is 9.18 Å². The van der Waals surface area contributed by atoms with Crippen LogP contribution in [0.3, 0.4) is 0 Å². The van der Waals surface area contributed by atoms with E-state index in [1.807, 2.05) is 0 Å². The van der Waals surface area contributed by atoms with Crippen LogP contribution in [-0.4, -0.2) is 16.9 Å². The fourth-order valence-electron chi connectivity index (χ4n) is 1.80. The number of rotatable bonds is 5. The lowest BCUT2D eigenvalue weighted by atomic mass is 10.1. The van der Waals surface area contributed by atoms with Gasteiger partial charge in [-0.3, -0.25) is 4.79 Å². The van der Waals surface area contributed by atoms with Gasteiger partial charge in [0.25, 0.3) is 0 Å². The first kappa shape index (κ1) is 14.7. The van der Waals surface area contributed by atoms with Crippen LogP contribution in [0.4, 0.5) is 4.39 Å². The fourth-order valence-corrected chi connectivity index (χ4v) is 1.80. The molecule has 4 nitrogen and oxygen atoms in total. The van der Waals surface area contributed by atoms with Crippen LogP contribution in [0.25, 0.3) is 0 Å². The van der Waals surface area contributed by atoms with Gasteiger partial charge in [0.2, 0.25) is 0 Å². The molecule has 2 rings (SSSR count). The molecule has 0 fully saturated rings. The Morgan fingerprint density at radius 1 is 1.14 bits per heavy atom. The lowest BCUT2D eigenvalue weighted by Gasteiger charge is -2.09. The van der Waals surface area contributed by atoms with Gasteiger partial charge in [0.1, 0.15) is 22.9 Å². The summed E-state index contributed by atoms with van der Waals surface area (Å²) in [6.45, 7) is 1.77. The molecule has 2 aromatic carbocycles. The van der Waals surface area contributed by atoms with Gasteiger partial charge in [-0.1, -0.05) is 6.92 Å². The Bertz CT molecular complexity index is 677. The van der Waals surface area contributed by atoms with Crippen LogP contribution >= 0.6 is 0 Å². The van der Waals surface area contributed by atoms with E-state index in [9.17, 15) is 14.0 Å². The zero-order chi connectivity index (χ0) is 15.4. The Morgan fingerprint density at radius 2 is 1.81 bits per heavy atom. The topological polar surface area (TPSA) is 63.6 Å². The molecule has 0 aliphatic rings. The second-order valence-electron chi connectivity index (χ2n) is 4.35. The van der Waals surface area contributed by atoms with Crippen molar-refractivity contribution in [3.8, 4) is 11.5 Å². The fraction of sp³-hybridized carbons (Fsp3) is 0.125. The first-order valence-corrected chi connectivity index (χ1v) is 6.35. The minimum Gasteiger partial charge on any atom is -0.478 e. The van der Waals surface area contributed by atoms with Crippen molar-refractivity contribution in [2.24, 2.45) is 0 Å². The molecule has 0 aromatic heterocycles. The van der Waals surface area contributed by atoms with E-state index in [0.29, 0.717) is 17.7 Å². The molecule has 0 atom stereocenters. The number of Topliss-reactive ketones (excluding diaryl/α,β-unsaturated/α-hetero) is 1. The summed E-state index contributed by atoms with van der Waals surface area (Å²) in [6.07, 6.45) is 0.404. The largest absolute Gasteiger partial charge is 0.478 e. The highest BCUT2D eigenvalue weighted by atomic mass is 19.1. The molecule has 0 saturated carbocycles. The molecule has 0 radical (unpaired) electrons. The number of carboxylic acids is 1. The van der Waals surface area contributed by atoms with E-state index >= 15 is 0 Å². The maximum absolute atomic E-state index is 13.1. The van der Waals surface area contributed by atoms with Gasteiger partial charge in [-0.05, 0) is 42.5 Å². The second kappa shape index (κ2) is 6.17. The number of carbonyl (C=O) groups excluding carboxylic acids is 1. The van der Waals surface area contributed by atoms with Crippen LogP contribution in [0.1, 0.15) is 34.1 Å². The molecule has 2 aromatic rings. The standard InChI is InChI=1S/C16H13FO4/c1-2-14(18)10-3-6-12(7-4-10)21-15-8-5-11(17)9-13(15)16(19)20/h3-9H,2H2,1H3,(H,19,20). The number of halogens is 1. The monoisotopic (exact) mass is 288 g/mol. The van der Waals surface area contributed by atoms with Crippen molar-refractivity contribution in [3.63, 3.8) is 0 Å². The summed E-state index contributed by atoms with van der Waals surface area (Å²) in [5.74, 6) is -1.50. The zero-order valence-electron chi connectivity index (χ0n) is 11.3. The molecule has 0 saturated heterocycles. The van der Waals surface area contributed by atoms with Crippen LogP contribution in [0.5, 0.6) is 11.5 Å². The predicted molar refractivity (Wildman–Crippen MR) is 74.5 cm³/mol. The molecule has 0 unspecified atom stereocenters. The van der Waals surface area contributed by atoms with Gasteiger partial charge in [0.15, 0.2) is 5.78 Å². The minimum absolute atomic E-state index is 0.00885. The third kappa shape index (κ3) is 3.45. The van der Waals surface area contributed by atoms with Crippen molar-refractivity contribution in [3.05, 3.63) is 59.4 Å². The molecule has 5 heteroatoms. The van der Waals surface area contributed by atoms with E-state index in [1.54, 1.807) is 31.2 Å². The molecular formula is C16H13FO4. The number of hydrogen-bond donors (Lipinski definition) is 1. The van der Waals surface area contributed by atoms with Crippen molar-refractivity contribution < 1.29 is 23.8 Å². The third-order valence-electron chi connectivity index (χ3n) is 2.90. The minimum atomic E-state index is -1.28. The Morgan fingerprint density at radius 3 is 2.38 bits per heavy atom. The van der Waals surface area contributed by atoms with E-state index < -0.39 is 11.8 Å². The van der Waals surface area contributed by atoms with Crippen LogP contribution < -0.4 is 4.74 Å². The lowest BCUT2D eigenvalue weighted by molar-refractivity contribution is 0.0693. The van der Waals surface area contributed by atoms with E-state index in [4.69, 9.17) is 9.84 Å². The Labute approximate surface area is 120 Å². The van der Waals surface area contributed by atoms with Gasteiger partial charge >= 0.3 is 5.97 Å². The summed E-state index contributed by atoms with van der Waals surface area (Å²) in [5, 5.41) is 9.03. The summed E-state index contributed by atoms with van der Waals surface area (Å²) < 4.78 is 18.5. The first-order chi connectivity index (χ1) is 10.0. The molecule has 0 amide bonds. The normalized spacial score (nSPS) is 10.2. The summed E-state index contributed by atoms with van der Waals surface area (Å²) in [5.41, 5.74) is 0.297. The molecule has 0 heterocycles. The molecule has 21 heavy (non-hydrogen) atoms. The van der Waals surface area contributed by atoms with Crippen LogP contribution in [0.2, 0.25) is 0 Å². The molecule has 0 spiro atoms. The Balaban J connectivity index is 2.26. The molecular weight excluding hydrogens is 275 g/mol. The van der Waals surface area contributed by atoms with Crippen molar-refractivity contribution in [2.75, 3.05) is 0 Å². The van der Waals surface area contributed by atoms with Gasteiger partial charge in [-0.15, -0.1) is 0 Å². The predicted octanol–water partition coefficient (Wildman–Crippen LogP) is 3.91. The third-order valence-corrected chi connectivity index (χ3v) is 2.90. The number of ketones is 1. The number of hydrogen-bond acceptors (Lipinski definition) is 3. The van der Waals surface area contributed by atoms with Gasteiger partial charge < -0.3 is 9.84 Å². The van der Waals surface area contributed by atoms with Gasteiger partial charge in [-0.2, -0.15) is 0 Å². The number of carbonyl (C=O) groups is 2. The van der Waals surface area contributed by atoms with Gasteiger partial charge in [0, 0.05) is 12.0 Å². The van der Waals surface area contributed by atoms with Crippen molar-refractivity contribution in [1.82, 2.24) is 0 Å². The quantitative estimate of drug-likeness (QED) is 0.847. The Hall–Kier alpha value is -2.69. The molecule has 1 N–H and O–H groups in total. The molecule has 0 aliphatic heterocycles.